The SMILES string of the molecule is CCNC(COCC(F)(F)F)Cc1ccn(C(C)C)n1. The first kappa shape index (κ1) is 17.0. The van der Waals surface area contributed by atoms with E-state index in [2.05, 4.69) is 10.4 Å². The van der Waals surface area contributed by atoms with Crippen molar-refractivity contribution in [2.75, 3.05) is 19.8 Å². The van der Waals surface area contributed by atoms with E-state index in [4.69, 9.17) is 4.74 Å². The van der Waals surface area contributed by atoms with Crippen molar-refractivity contribution in [3.8, 4) is 0 Å². The van der Waals surface area contributed by atoms with Crippen molar-refractivity contribution in [3.63, 3.8) is 0 Å². The van der Waals surface area contributed by atoms with Gasteiger partial charge in [0.2, 0.25) is 0 Å². The molecule has 1 aromatic rings. The lowest BCUT2D eigenvalue weighted by molar-refractivity contribution is -0.175. The summed E-state index contributed by atoms with van der Waals surface area (Å²) in [6.07, 6.45) is -1.86. The second-order valence-electron chi connectivity index (χ2n) is 4.97. The highest BCUT2D eigenvalue weighted by atomic mass is 19.4. The van der Waals surface area contributed by atoms with Crippen LogP contribution in [0.3, 0.4) is 0 Å². The van der Waals surface area contributed by atoms with Gasteiger partial charge in [0.05, 0.1) is 12.3 Å². The molecule has 0 radical (unpaired) electrons. The molecule has 0 spiro atoms. The normalized spacial score (nSPS) is 13.9. The maximum atomic E-state index is 12.0. The van der Waals surface area contributed by atoms with Crippen LogP contribution in [0.1, 0.15) is 32.5 Å². The average Bonchev–Trinajstić information content (AvgIpc) is 2.76. The third-order valence-corrected chi connectivity index (χ3v) is 2.73. The Hall–Kier alpha value is -1.08. The van der Waals surface area contributed by atoms with Gasteiger partial charge < -0.3 is 10.1 Å². The molecule has 7 heteroatoms. The summed E-state index contributed by atoms with van der Waals surface area (Å²) in [5.74, 6) is 0. The predicted octanol–water partition coefficient (Wildman–Crippen LogP) is 2.56. The highest BCUT2D eigenvalue weighted by Gasteiger charge is 2.28. The van der Waals surface area contributed by atoms with Gasteiger partial charge in [0.15, 0.2) is 0 Å². The molecule has 0 saturated heterocycles. The number of aromatic nitrogens is 2. The number of nitrogens with one attached hydrogen (secondary N) is 1. The van der Waals surface area contributed by atoms with E-state index >= 15 is 0 Å². The van der Waals surface area contributed by atoms with Crippen LogP contribution >= 0.6 is 0 Å². The minimum Gasteiger partial charge on any atom is -0.370 e. The summed E-state index contributed by atoms with van der Waals surface area (Å²) >= 11 is 0. The molecule has 116 valence electrons. The lowest BCUT2D eigenvalue weighted by Gasteiger charge is -2.17. The fourth-order valence-corrected chi connectivity index (χ4v) is 1.82. The van der Waals surface area contributed by atoms with Gasteiger partial charge in [-0.05, 0) is 26.5 Å². The maximum absolute atomic E-state index is 12.0. The van der Waals surface area contributed by atoms with Crippen LogP contribution in [0, 0.1) is 0 Å². The minimum atomic E-state index is -4.28. The summed E-state index contributed by atoms with van der Waals surface area (Å²) in [7, 11) is 0. The third-order valence-electron chi connectivity index (χ3n) is 2.73. The third kappa shape index (κ3) is 6.38. The molecule has 1 heterocycles. The molecule has 4 nitrogen and oxygen atoms in total. The van der Waals surface area contributed by atoms with Gasteiger partial charge in [-0.25, -0.2) is 0 Å². The van der Waals surface area contributed by atoms with Crippen LogP contribution < -0.4 is 5.32 Å². The van der Waals surface area contributed by atoms with Gasteiger partial charge in [0.1, 0.15) is 6.61 Å². The van der Waals surface area contributed by atoms with Gasteiger partial charge in [0, 0.05) is 24.7 Å². The zero-order valence-corrected chi connectivity index (χ0v) is 12.1. The molecule has 0 aromatic carbocycles. The van der Waals surface area contributed by atoms with E-state index in [9.17, 15) is 13.2 Å². The fraction of sp³-hybridized carbons (Fsp3) is 0.769. The molecule has 0 amide bonds. The van der Waals surface area contributed by atoms with Crippen LogP contribution in [-0.4, -0.2) is 41.8 Å². The average molecular weight is 293 g/mol. The summed E-state index contributed by atoms with van der Waals surface area (Å²) in [6.45, 7) is 5.42. The van der Waals surface area contributed by atoms with Crippen LogP contribution in [0.15, 0.2) is 12.3 Å². The van der Waals surface area contributed by atoms with Crippen molar-refractivity contribution >= 4 is 0 Å². The maximum Gasteiger partial charge on any atom is 0.411 e. The van der Waals surface area contributed by atoms with Gasteiger partial charge in [-0.3, -0.25) is 4.68 Å². The van der Waals surface area contributed by atoms with E-state index in [0.29, 0.717) is 13.0 Å². The van der Waals surface area contributed by atoms with Crippen LogP contribution in [0.5, 0.6) is 0 Å². The monoisotopic (exact) mass is 293 g/mol. The largest absolute Gasteiger partial charge is 0.411 e. The minimum absolute atomic E-state index is 0.0158. The smallest absolute Gasteiger partial charge is 0.370 e. The molecule has 1 rings (SSSR count). The number of nitrogens with zero attached hydrogens (tertiary/aromatic N) is 2. The van der Waals surface area contributed by atoms with E-state index in [1.54, 1.807) is 0 Å². The first-order valence-corrected chi connectivity index (χ1v) is 6.73. The number of ether oxygens (including phenoxy) is 1. The second-order valence-corrected chi connectivity index (χ2v) is 4.97. The van der Waals surface area contributed by atoms with Crippen molar-refractivity contribution in [2.45, 2.75) is 45.5 Å². The highest BCUT2D eigenvalue weighted by Crippen LogP contribution is 2.15. The standard InChI is InChI=1S/C13H22F3N3O/c1-4-17-12(8-20-9-13(14,15)16)7-11-5-6-19(18-11)10(2)3/h5-6,10,12,17H,4,7-9H2,1-3H3. The molecule has 1 atom stereocenters. The van der Waals surface area contributed by atoms with Crippen molar-refractivity contribution in [1.29, 1.82) is 0 Å². The number of hydrogen-bond donors (Lipinski definition) is 1. The molecule has 0 aliphatic rings. The van der Waals surface area contributed by atoms with Crippen molar-refractivity contribution in [1.82, 2.24) is 15.1 Å². The number of hydrogen-bond acceptors (Lipinski definition) is 3. The van der Waals surface area contributed by atoms with Crippen LogP contribution in [0.4, 0.5) is 13.2 Å². The van der Waals surface area contributed by atoms with Crippen LogP contribution in [0.2, 0.25) is 0 Å². The molecule has 0 bridgehead atoms. The van der Waals surface area contributed by atoms with Gasteiger partial charge >= 0.3 is 6.18 Å². The summed E-state index contributed by atoms with van der Waals surface area (Å²) in [4.78, 5) is 0. The Labute approximate surface area is 117 Å². The van der Waals surface area contributed by atoms with E-state index in [1.165, 1.54) is 0 Å². The summed E-state index contributed by atoms with van der Waals surface area (Å²) in [6, 6.07) is 1.98. The summed E-state index contributed by atoms with van der Waals surface area (Å²) in [5, 5.41) is 7.50. The molecule has 0 aliphatic carbocycles. The van der Waals surface area contributed by atoms with Crippen molar-refractivity contribution < 1.29 is 17.9 Å². The molecule has 1 N–H and O–H groups in total. The lowest BCUT2D eigenvalue weighted by Crippen LogP contribution is -2.36. The van der Waals surface area contributed by atoms with E-state index in [0.717, 1.165) is 5.69 Å². The van der Waals surface area contributed by atoms with E-state index in [1.807, 2.05) is 37.7 Å². The Morgan fingerprint density at radius 3 is 2.60 bits per heavy atom. The topological polar surface area (TPSA) is 39.1 Å². The number of alkyl halides is 3. The highest BCUT2D eigenvalue weighted by molar-refractivity contribution is 5.02. The van der Waals surface area contributed by atoms with Gasteiger partial charge in [-0.2, -0.15) is 18.3 Å². The molecule has 0 fully saturated rings. The zero-order chi connectivity index (χ0) is 15.2. The Bertz CT molecular complexity index is 390. The fourth-order valence-electron chi connectivity index (χ4n) is 1.82. The number of halogens is 3. The molecule has 0 saturated carbocycles. The molecule has 0 aliphatic heterocycles. The molecular weight excluding hydrogens is 271 g/mol. The van der Waals surface area contributed by atoms with Gasteiger partial charge in [0.25, 0.3) is 0 Å². The Morgan fingerprint density at radius 2 is 2.10 bits per heavy atom. The first-order chi connectivity index (χ1) is 9.31. The predicted molar refractivity (Wildman–Crippen MR) is 70.7 cm³/mol. The van der Waals surface area contributed by atoms with E-state index < -0.39 is 12.8 Å². The van der Waals surface area contributed by atoms with Gasteiger partial charge in [-0.15, -0.1) is 0 Å². The number of likely N-dealkylation sites (N-methyl/N-ethyl adjacent to an activating group) is 1. The first-order valence-electron chi connectivity index (χ1n) is 6.73. The Morgan fingerprint density at radius 1 is 1.40 bits per heavy atom. The van der Waals surface area contributed by atoms with Crippen molar-refractivity contribution in [2.24, 2.45) is 0 Å². The zero-order valence-electron chi connectivity index (χ0n) is 12.1. The van der Waals surface area contributed by atoms with Crippen LogP contribution in [-0.2, 0) is 11.2 Å². The lowest BCUT2D eigenvalue weighted by atomic mass is 10.1. The van der Waals surface area contributed by atoms with Gasteiger partial charge in [-0.1, -0.05) is 6.92 Å². The Kier molecular flexibility index (Phi) is 6.48. The molecule has 1 aromatic heterocycles. The summed E-state index contributed by atoms with van der Waals surface area (Å²) in [5.41, 5.74) is 0.847. The van der Waals surface area contributed by atoms with Crippen LogP contribution in [0.25, 0.3) is 0 Å². The molecule has 20 heavy (non-hydrogen) atoms. The Balaban J connectivity index is 2.48. The second kappa shape index (κ2) is 7.64. The molecular formula is C13H22F3N3O. The van der Waals surface area contributed by atoms with Crippen molar-refractivity contribution in [3.05, 3.63) is 18.0 Å². The number of rotatable bonds is 8. The van der Waals surface area contributed by atoms with E-state index in [-0.39, 0.29) is 18.7 Å². The quantitative estimate of drug-likeness (QED) is 0.800. The summed E-state index contributed by atoms with van der Waals surface area (Å²) < 4.78 is 42.7. The molecule has 1 unspecified atom stereocenters.